The highest BCUT2D eigenvalue weighted by molar-refractivity contribution is 5.56. The molecule has 4 rings (SSSR count). The number of hydrogen-bond acceptors (Lipinski definition) is 4. The van der Waals surface area contributed by atoms with Crippen LogP contribution in [0.2, 0.25) is 0 Å². The molecule has 0 aliphatic heterocycles. The molecular formula is C21H18N4O. The molecule has 0 amide bonds. The van der Waals surface area contributed by atoms with Gasteiger partial charge in [0.2, 0.25) is 5.88 Å². The molecule has 0 aliphatic rings. The summed E-state index contributed by atoms with van der Waals surface area (Å²) in [6.45, 7) is 3.96. The molecule has 0 saturated heterocycles. The third-order valence-electron chi connectivity index (χ3n) is 3.91. The van der Waals surface area contributed by atoms with E-state index in [1.165, 1.54) is 0 Å². The summed E-state index contributed by atoms with van der Waals surface area (Å²) in [5.41, 5.74) is 2.87. The van der Waals surface area contributed by atoms with Gasteiger partial charge in [0.1, 0.15) is 5.75 Å². The lowest BCUT2D eigenvalue weighted by molar-refractivity contribution is 0.461. The number of nitrogens with zero attached hydrogens (tertiary/aromatic N) is 4. The Morgan fingerprint density at radius 3 is 2.15 bits per heavy atom. The van der Waals surface area contributed by atoms with Crippen LogP contribution in [0.25, 0.3) is 17.2 Å². The average molecular weight is 342 g/mol. The Hall–Kier alpha value is -3.47. The van der Waals surface area contributed by atoms with Gasteiger partial charge in [0, 0.05) is 17.3 Å². The second kappa shape index (κ2) is 6.80. The number of aryl methyl sites for hydroxylation is 2. The quantitative estimate of drug-likeness (QED) is 0.537. The lowest BCUT2D eigenvalue weighted by Gasteiger charge is -2.10. The number of aromatic nitrogens is 4. The molecule has 26 heavy (non-hydrogen) atoms. The van der Waals surface area contributed by atoms with Crippen LogP contribution in [0.1, 0.15) is 11.4 Å². The normalized spacial score (nSPS) is 10.7. The number of benzene rings is 2. The topological polar surface area (TPSA) is 52.8 Å². The van der Waals surface area contributed by atoms with Crippen LogP contribution in [0.3, 0.4) is 0 Å². The third-order valence-corrected chi connectivity index (χ3v) is 3.91. The van der Waals surface area contributed by atoms with Crippen LogP contribution in [0, 0.1) is 13.8 Å². The van der Waals surface area contributed by atoms with Gasteiger partial charge in [-0.05, 0) is 32.0 Å². The maximum absolute atomic E-state index is 5.96. The summed E-state index contributed by atoms with van der Waals surface area (Å²) in [5, 5.41) is 4.53. The van der Waals surface area contributed by atoms with Gasteiger partial charge in [-0.2, -0.15) is 10.1 Å². The van der Waals surface area contributed by atoms with Crippen molar-refractivity contribution >= 4 is 0 Å². The number of para-hydroxylation sites is 1. The number of rotatable bonds is 4. The Kier molecular flexibility index (Phi) is 4.19. The molecule has 0 unspecified atom stereocenters. The third kappa shape index (κ3) is 3.32. The van der Waals surface area contributed by atoms with Gasteiger partial charge < -0.3 is 4.74 Å². The van der Waals surface area contributed by atoms with Crippen molar-refractivity contribution in [3.05, 3.63) is 84.2 Å². The molecule has 0 atom stereocenters. The van der Waals surface area contributed by atoms with Crippen molar-refractivity contribution in [3.63, 3.8) is 0 Å². The highest BCUT2D eigenvalue weighted by atomic mass is 16.5. The zero-order chi connectivity index (χ0) is 17.9. The first-order chi connectivity index (χ1) is 12.7. The standard InChI is InChI=1S/C21H18N4O/c1-15-13-16(2)25(24-15)19-14-20(26-18-11-7-4-8-12-18)23-21(22-19)17-9-5-3-6-10-17/h3-14H,1-2H3. The van der Waals surface area contributed by atoms with E-state index in [2.05, 4.69) is 10.1 Å². The molecule has 0 radical (unpaired) electrons. The zero-order valence-corrected chi connectivity index (χ0v) is 14.6. The van der Waals surface area contributed by atoms with Crippen molar-refractivity contribution in [1.82, 2.24) is 19.7 Å². The zero-order valence-electron chi connectivity index (χ0n) is 14.6. The number of ether oxygens (including phenoxy) is 1. The van der Waals surface area contributed by atoms with Crippen LogP contribution >= 0.6 is 0 Å². The van der Waals surface area contributed by atoms with Gasteiger partial charge >= 0.3 is 0 Å². The maximum atomic E-state index is 5.96. The maximum Gasteiger partial charge on any atom is 0.225 e. The number of hydrogen-bond donors (Lipinski definition) is 0. The van der Waals surface area contributed by atoms with E-state index in [0.29, 0.717) is 17.5 Å². The minimum absolute atomic E-state index is 0.479. The molecule has 0 N–H and O–H groups in total. The minimum atomic E-state index is 0.479. The highest BCUT2D eigenvalue weighted by Gasteiger charge is 2.12. The first-order valence-electron chi connectivity index (χ1n) is 8.40. The molecule has 0 aliphatic carbocycles. The summed E-state index contributed by atoms with van der Waals surface area (Å²) in [7, 11) is 0. The fraction of sp³-hybridized carbons (Fsp3) is 0.0952. The smallest absolute Gasteiger partial charge is 0.225 e. The molecule has 0 saturated carbocycles. The van der Waals surface area contributed by atoms with E-state index in [0.717, 1.165) is 22.7 Å². The van der Waals surface area contributed by atoms with Gasteiger partial charge in [-0.3, -0.25) is 0 Å². The Labute approximate surface area is 151 Å². The van der Waals surface area contributed by atoms with Crippen molar-refractivity contribution in [2.45, 2.75) is 13.8 Å². The second-order valence-electron chi connectivity index (χ2n) is 6.01. The van der Waals surface area contributed by atoms with Crippen molar-refractivity contribution < 1.29 is 4.74 Å². The van der Waals surface area contributed by atoms with Crippen molar-refractivity contribution in [3.8, 4) is 28.8 Å². The molecule has 2 aromatic carbocycles. The summed E-state index contributed by atoms with van der Waals surface area (Å²) in [4.78, 5) is 9.29. The van der Waals surface area contributed by atoms with Crippen LogP contribution in [0.5, 0.6) is 11.6 Å². The molecule has 128 valence electrons. The predicted molar refractivity (Wildman–Crippen MR) is 101 cm³/mol. The van der Waals surface area contributed by atoms with Gasteiger partial charge in [-0.1, -0.05) is 48.5 Å². The van der Waals surface area contributed by atoms with E-state index >= 15 is 0 Å². The monoisotopic (exact) mass is 342 g/mol. The first-order valence-corrected chi connectivity index (χ1v) is 8.40. The van der Waals surface area contributed by atoms with E-state index in [9.17, 15) is 0 Å². The van der Waals surface area contributed by atoms with E-state index in [1.54, 1.807) is 10.7 Å². The molecular weight excluding hydrogens is 324 g/mol. The van der Waals surface area contributed by atoms with E-state index < -0.39 is 0 Å². The van der Waals surface area contributed by atoms with Crippen LogP contribution in [0.15, 0.2) is 72.8 Å². The summed E-state index contributed by atoms with van der Waals surface area (Å²) in [6.07, 6.45) is 0. The molecule has 5 heteroatoms. The van der Waals surface area contributed by atoms with E-state index in [-0.39, 0.29) is 0 Å². The molecule has 2 aromatic heterocycles. The fourth-order valence-electron chi connectivity index (χ4n) is 2.76. The second-order valence-corrected chi connectivity index (χ2v) is 6.01. The van der Waals surface area contributed by atoms with Crippen LogP contribution < -0.4 is 4.74 Å². The molecule has 4 aromatic rings. The SMILES string of the molecule is Cc1cc(C)n(-c2cc(Oc3ccccc3)nc(-c3ccccc3)n2)n1. The lowest BCUT2D eigenvalue weighted by Crippen LogP contribution is -2.05. The Morgan fingerprint density at radius 2 is 1.50 bits per heavy atom. The Morgan fingerprint density at radius 1 is 0.808 bits per heavy atom. The lowest BCUT2D eigenvalue weighted by atomic mass is 10.2. The molecule has 0 bridgehead atoms. The highest BCUT2D eigenvalue weighted by Crippen LogP contribution is 2.25. The molecule has 0 spiro atoms. The molecule has 2 heterocycles. The van der Waals surface area contributed by atoms with Crippen molar-refractivity contribution in [2.75, 3.05) is 0 Å². The molecule has 0 fully saturated rings. The van der Waals surface area contributed by atoms with Crippen LogP contribution in [-0.4, -0.2) is 19.7 Å². The van der Waals surface area contributed by atoms with Gasteiger partial charge in [-0.15, -0.1) is 0 Å². The summed E-state index contributed by atoms with van der Waals surface area (Å²) >= 11 is 0. The van der Waals surface area contributed by atoms with E-state index in [1.807, 2.05) is 80.6 Å². The summed E-state index contributed by atoms with van der Waals surface area (Å²) < 4.78 is 7.76. The summed E-state index contributed by atoms with van der Waals surface area (Å²) in [5.74, 6) is 2.48. The minimum Gasteiger partial charge on any atom is -0.439 e. The van der Waals surface area contributed by atoms with Gasteiger partial charge in [0.05, 0.1) is 5.69 Å². The van der Waals surface area contributed by atoms with Crippen LogP contribution in [-0.2, 0) is 0 Å². The van der Waals surface area contributed by atoms with Crippen molar-refractivity contribution in [1.29, 1.82) is 0 Å². The fourth-order valence-corrected chi connectivity index (χ4v) is 2.76. The Bertz CT molecular complexity index is 1030. The molecule has 5 nitrogen and oxygen atoms in total. The van der Waals surface area contributed by atoms with Gasteiger partial charge in [0.15, 0.2) is 11.6 Å². The Balaban J connectivity index is 1.83. The van der Waals surface area contributed by atoms with Crippen LogP contribution in [0.4, 0.5) is 0 Å². The largest absolute Gasteiger partial charge is 0.439 e. The van der Waals surface area contributed by atoms with E-state index in [4.69, 9.17) is 9.72 Å². The van der Waals surface area contributed by atoms with Gasteiger partial charge in [-0.25, -0.2) is 9.67 Å². The first kappa shape index (κ1) is 16.0. The predicted octanol–water partition coefficient (Wildman–Crippen LogP) is 4.74. The summed E-state index contributed by atoms with van der Waals surface area (Å²) in [6, 6.07) is 23.3. The average Bonchev–Trinajstić information content (AvgIpc) is 3.01. The van der Waals surface area contributed by atoms with Gasteiger partial charge in [0.25, 0.3) is 0 Å². The van der Waals surface area contributed by atoms with Crippen molar-refractivity contribution in [2.24, 2.45) is 0 Å².